The van der Waals surface area contributed by atoms with Gasteiger partial charge in [-0.1, -0.05) is 6.92 Å². The SMILES string of the molecule is CCC1NC(C)N(C2CC2)C1=O. The van der Waals surface area contributed by atoms with Crippen molar-refractivity contribution in [2.75, 3.05) is 0 Å². The van der Waals surface area contributed by atoms with Crippen molar-refractivity contribution < 1.29 is 4.79 Å². The summed E-state index contributed by atoms with van der Waals surface area (Å²) in [6.45, 7) is 4.13. The standard InChI is InChI=1S/C9H16N2O/c1-3-8-9(12)11(6(2)10-8)7-4-5-7/h6-8,10H,3-5H2,1-2H3. The highest BCUT2D eigenvalue weighted by Gasteiger charge is 2.43. The van der Waals surface area contributed by atoms with Crippen molar-refractivity contribution >= 4 is 5.91 Å². The van der Waals surface area contributed by atoms with Gasteiger partial charge in [-0.25, -0.2) is 0 Å². The summed E-state index contributed by atoms with van der Waals surface area (Å²) in [5.41, 5.74) is 0. The number of amides is 1. The number of carbonyl (C=O) groups excluding carboxylic acids is 1. The molecule has 2 unspecified atom stereocenters. The van der Waals surface area contributed by atoms with Crippen LogP contribution in [-0.2, 0) is 4.79 Å². The van der Waals surface area contributed by atoms with E-state index in [0.29, 0.717) is 11.9 Å². The minimum Gasteiger partial charge on any atom is -0.323 e. The topological polar surface area (TPSA) is 32.3 Å². The summed E-state index contributed by atoms with van der Waals surface area (Å²) in [4.78, 5) is 13.7. The summed E-state index contributed by atoms with van der Waals surface area (Å²) in [6.07, 6.45) is 3.57. The molecule has 2 fully saturated rings. The zero-order chi connectivity index (χ0) is 8.72. The molecule has 0 radical (unpaired) electrons. The van der Waals surface area contributed by atoms with E-state index in [-0.39, 0.29) is 12.2 Å². The van der Waals surface area contributed by atoms with Crippen LogP contribution in [0.15, 0.2) is 0 Å². The first-order valence-electron chi connectivity index (χ1n) is 4.82. The van der Waals surface area contributed by atoms with Crippen molar-refractivity contribution in [2.24, 2.45) is 0 Å². The molecular formula is C9H16N2O. The van der Waals surface area contributed by atoms with Gasteiger partial charge in [-0.3, -0.25) is 10.1 Å². The molecule has 1 amide bonds. The number of rotatable bonds is 2. The second-order valence-corrected chi connectivity index (χ2v) is 3.78. The molecule has 0 aromatic rings. The number of nitrogens with one attached hydrogen (secondary N) is 1. The first-order valence-corrected chi connectivity index (χ1v) is 4.82. The molecule has 3 nitrogen and oxygen atoms in total. The third-order valence-corrected chi connectivity index (χ3v) is 2.76. The molecule has 0 spiro atoms. The van der Waals surface area contributed by atoms with Gasteiger partial charge >= 0.3 is 0 Å². The zero-order valence-corrected chi connectivity index (χ0v) is 7.71. The summed E-state index contributed by atoms with van der Waals surface area (Å²) in [5, 5.41) is 3.30. The van der Waals surface area contributed by atoms with Crippen LogP contribution in [0.2, 0.25) is 0 Å². The first kappa shape index (κ1) is 8.05. The normalized spacial score (nSPS) is 36.2. The van der Waals surface area contributed by atoms with E-state index < -0.39 is 0 Å². The Bertz CT molecular complexity index is 201. The number of hydrogen-bond donors (Lipinski definition) is 1. The first-order chi connectivity index (χ1) is 5.74. The quantitative estimate of drug-likeness (QED) is 0.658. The fraction of sp³-hybridized carbons (Fsp3) is 0.889. The molecule has 2 aliphatic rings. The van der Waals surface area contributed by atoms with Gasteiger partial charge in [0.2, 0.25) is 5.91 Å². The molecular weight excluding hydrogens is 152 g/mol. The van der Waals surface area contributed by atoms with Crippen LogP contribution in [-0.4, -0.2) is 29.1 Å². The molecule has 1 saturated heterocycles. The smallest absolute Gasteiger partial charge is 0.241 e. The van der Waals surface area contributed by atoms with Gasteiger partial charge in [-0.15, -0.1) is 0 Å². The Morgan fingerprint density at radius 3 is 2.67 bits per heavy atom. The van der Waals surface area contributed by atoms with Crippen LogP contribution in [0.1, 0.15) is 33.1 Å². The lowest BCUT2D eigenvalue weighted by Gasteiger charge is -2.19. The lowest BCUT2D eigenvalue weighted by atomic mass is 10.2. The van der Waals surface area contributed by atoms with Crippen LogP contribution in [0.5, 0.6) is 0 Å². The highest BCUT2D eigenvalue weighted by molar-refractivity contribution is 5.84. The molecule has 0 aromatic heterocycles. The maximum absolute atomic E-state index is 11.7. The Balaban J connectivity index is 2.07. The predicted molar refractivity (Wildman–Crippen MR) is 46.5 cm³/mol. The highest BCUT2D eigenvalue weighted by Crippen LogP contribution is 2.31. The van der Waals surface area contributed by atoms with Gasteiger partial charge in [0, 0.05) is 6.04 Å². The van der Waals surface area contributed by atoms with E-state index in [4.69, 9.17) is 0 Å². The van der Waals surface area contributed by atoms with E-state index in [1.807, 2.05) is 4.90 Å². The Morgan fingerprint density at radius 2 is 2.25 bits per heavy atom. The van der Waals surface area contributed by atoms with Gasteiger partial charge in [0.25, 0.3) is 0 Å². The summed E-state index contributed by atoms with van der Waals surface area (Å²) in [5.74, 6) is 0.313. The highest BCUT2D eigenvalue weighted by atomic mass is 16.2. The van der Waals surface area contributed by atoms with Crippen molar-refractivity contribution in [1.29, 1.82) is 0 Å². The second kappa shape index (κ2) is 2.73. The van der Waals surface area contributed by atoms with Crippen molar-refractivity contribution in [1.82, 2.24) is 10.2 Å². The van der Waals surface area contributed by atoms with Crippen molar-refractivity contribution in [2.45, 2.75) is 51.4 Å². The van der Waals surface area contributed by atoms with E-state index in [1.54, 1.807) is 0 Å². The molecule has 1 saturated carbocycles. The monoisotopic (exact) mass is 168 g/mol. The Hall–Kier alpha value is -0.570. The van der Waals surface area contributed by atoms with Crippen LogP contribution in [0, 0.1) is 0 Å². The molecule has 0 bridgehead atoms. The fourth-order valence-corrected chi connectivity index (χ4v) is 1.95. The van der Waals surface area contributed by atoms with Gasteiger partial charge in [0.15, 0.2) is 0 Å². The van der Waals surface area contributed by atoms with Gasteiger partial charge in [-0.05, 0) is 26.2 Å². The molecule has 0 aromatic carbocycles. The Morgan fingerprint density at radius 1 is 1.58 bits per heavy atom. The third kappa shape index (κ3) is 1.12. The minimum absolute atomic E-state index is 0.0839. The van der Waals surface area contributed by atoms with Crippen molar-refractivity contribution in [3.63, 3.8) is 0 Å². The lowest BCUT2D eigenvalue weighted by Crippen LogP contribution is -2.36. The second-order valence-electron chi connectivity index (χ2n) is 3.78. The van der Waals surface area contributed by atoms with Crippen LogP contribution in [0.3, 0.4) is 0 Å². The summed E-state index contributed by atoms with van der Waals surface area (Å²) in [6, 6.07) is 0.636. The fourth-order valence-electron chi connectivity index (χ4n) is 1.95. The maximum Gasteiger partial charge on any atom is 0.241 e. The number of nitrogens with zero attached hydrogens (tertiary/aromatic N) is 1. The third-order valence-electron chi connectivity index (χ3n) is 2.76. The molecule has 2 rings (SSSR count). The van der Waals surface area contributed by atoms with Gasteiger partial charge in [0.1, 0.15) is 0 Å². The summed E-state index contributed by atoms with van der Waals surface area (Å²) >= 11 is 0. The lowest BCUT2D eigenvalue weighted by molar-refractivity contribution is -0.130. The average Bonchev–Trinajstić information content (AvgIpc) is 2.80. The Labute approximate surface area is 73.1 Å². The van der Waals surface area contributed by atoms with E-state index >= 15 is 0 Å². The molecule has 68 valence electrons. The maximum atomic E-state index is 11.7. The van der Waals surface area contributed by atoms with Crippen LogP contribution in [0.4, 0.5) is 0 Å². The zero-order valence-electron chi connectivity index (χ0n) is 7.71. The van der Waals surface area contributed by atoms with E-state index in [2.05, 4.69) is 19.2 Å². The van der Waals surface area contributed by atoms with Crippen LogP contribution in [0.25, 0.3) is 0 Å². The van der Waals surface area contributed by atoms with Crippen LogP contribution < -0.4 is 5.32 Å². The van der Waals surface area contributed by atoms with Gasteiger partial charge < -0.3 is 4.90 Å². The predicted octanol–water partition coefficient (Wildman–Crippen LogP) is 0.705. The van der Waals surface area contributed by atoms with E-state index in [9.17, 15) is 4.79 Å². The molecule has 1 aliphatic carbocycles. The summed E-state index contributed by atoms with van der Waals surface area (Å²) < 4.78 is 0. The van der Waals surface area contributed by atoms with E-state index in [0.717, 1.165) is 6.42 Å². The van der Waals surface area contributed by atoms with Gasteiger partial charge in [0.05, 0.1) is 12.2 Å². The molecule has 1 heterocycles. The van der Waals surface area contributed by atoms with E-state index in [1.165, 1.54) is 12.8 Å². The molecule has 1 N–H and O–H groups in total. The summed E-state index contributed by atoms with van der Waals surface area (Å²) in [7, 11) is 0. The minimum atomic E-state index is 0.0839. The largest absolute Gasteiger partial charge is 0.323 e. The van der Waals surface area contributed by atoms with Crippen molar-refractivity contribution in [3.8, 4) is 0 Å². The van der Waals surface area contributed by atoms with Crippen molar-refractivity contribution in [3.05, 3.63) is 0 Å². The molecule has 12 heavy (non-hydrogen) atoms. The molecule has 2 atom stereocenters. The average molecular weight is 168 g/mol. The number of hydrogen-bond acceptors (Lipinski definition) is 2. The molecule has 1 aliphatic heterocycles. The Kier molecular flexibility index (Phi) is 1.83. The number of carbonyl (C=O) groups is 1. The van der Waals surface area contributed by atoms with Gasteiger partial charge in [-0.2, -0.15) is 0 Å². The van der Waals surface area contributed by atoms with Crippen LogP contribution >= 0.6 is 0 Å². The molecule has 3 heteroatoms.